The van der Waals surface area contributed by atoms with Gasteiger partial charge in [-0.3, -0.25) is 14.6 Å². The van der Waals surface area contributed by atoms with Crippen molar-refractivity contribution in [1.82, 2.24) is 15.6 Å². The van der Waals surface area contributed by atoms with Gasteiger partial charge in [-0.15, -0.1) is 12.6 Å². The third kappa shape index (κ3) is 9.33. The fraction of sp³-hybridized carbons (Fsp3) is 0.240. The van der Waals surface area contributed by atoms with Gasteiger partial charge in [-0.2, -0.15) is 5.10 Å². The SMILES string of the molecule is CC/C=C\C(=N/N(C)/C=C(\S)NC(=O)Cc1ccccc1OC)NC(=O)Cc1ccccc1Cl. The zero-order valence-corrected chi connectivity index (χ0v) is 21.1. The van der Waals surface area contributed by atoms with Gasteiger partial charge in [0.1, 0.15) is 5.75 Å². The van der Waals surface area contributed by atoms with Crippen LogP contribution in [0.2, 0.25) is 5.02 Å². The summed E-state index contributed by atoms with van der Waals surface area (Å²) in [5.74, 6) is 0.492. The molecule has 2 N–H and O–H groups in total. The molecule has 0 heterocycles. The molecule has 9 heteroatoms. The average molecular weight is 501 g/mol. The summed E-state index contributed by atoms with van der Waals surface area (Å²) >= 11 is 10.5. The van der Waals surface area contributed by atoms with Crippen LogP contribution in [0.4, 0.5) is 0 Å². The van der Waals surface area contributed by atoms with Crippen LogP contribution in [-0.4, -0.2) is 36.8 Å². The second kappa shape index (κ2) is 14.1. The molecule has 0 radical (unpaired) electrons. The highest BCUT2D eigenvalue weighted by Crippen LogP contribution is 2.18. The van der Waals surface area contributed by atoms with Crippen molar-refractivity contribution in [3.8, 4) is 5.75 Å². The van der Waals surface area contributed by atoms with Crippen molar-refractivity contribution in [2.75, 3.05) is 14.2 Å². The Balaban J connectivity index is 2.03. The van der Waals surface area contributed by atoms with Crippen LogP contribution >= 0.6 is 24.2 Å². The standard InChI is InChI=1S/C25H29ClN4O3S/c1-4-5-14-22(27-23(31)15-18-10-6-8-12-20(18)26)29-30(2)17-25(34)28-24(32)16-19-11-7-9-13-21(19)33-3/h5-14,17,34H,4,15-16H2,1-3H3,(H,28,32)(H,27,29,31)/b14-5-,25-17-. The largest absolute Gasteiger partial charge is 0.496 e. The summed E-state index contributed by atoms with van der Waals surface area (Å²) < 4.78 is 5.28. The van der Waals surface area contributed by atoms with E-state index in [0.29, 0.717) is 21.6 Å². The molecule has 2 aromatic carbocycles. The Morgan fingerprint density at radius 1 is 1.06 bits per heavy atom. The normalized spacial score (nSPS) is 11.9. The van der Waals surface area contributed by atoms with Gasteiger partial charge in [-0.1, -0.05) is 61.0 Å². The highest BCUT2D eigenvalue weighted by atomic mass is 35.5. The van der Waals surface area contributed by atoms with Crippen LogP contribution in [-0.2, 0) is 22.4 Å². The number of carbonyl (C=O) groups excluding carboxylic acids is 2. The summed E-state index contributed by atoms with van der Waals surface area (Å²) in [7, 11) is 3.23. The molecule has 0 fully saturated rings. The van der Waals surface area contributed by atoms with E-state index in [0.717, 1.165) is 17.5 Å². The molecule has 0 saturated heterocycles. The number of allylic oxidation sites excluding steroid dienone is 1. The topological polar surface area (TPSA) is 83.0 Å². The molecule has 0 unspecified atom stereocenters. The zero-order valence-electron chi connectivity index (χ0n) is 19.4. The Bertz CT molecular complexity index is 1090. The van der Waals surface area contributed by atoms with Crippen molar-refractivity contribution in [1.29, 1.82) is 0 Å². The van der Waals surface area contributed by atoms with Crippen molar-refractivity contribution in [3.63, 3.8) is 0 Å². The van der Waals surface area contributed by atoms with E-state index in [4.69, 9.17) is 16.3 Å². The van der Waals surface area contributed by atoms with Gasteiger partial charge in [-0.25, -0.2) is 0 Å². The van der Waals surface area contributed by atoms with Gasteiger partial charge >= 0.3 is 0 Å². The predicted octanol–water partition coefficient (Wildman–Crippen LogP) is 4.31. The predicted molar refractivity (Wildman–Crippen MR) is 140 cm³/mol. The third-order valence-corrected chi connectivity index (χ3v) is 5.07. The van der Waals surface area contributed by atoms with Gasteiger partial charge in [0.05, 0.1) is 31.2 Å². The van der Waals surface area contributed by atoms with E-state index >= 15 is 0 Å². The number of methoxy groups -OCH3 is 1. The Morgan fingerprint density at radius 3 is 2.35 bits per heavy atom. The minimum atomic E-state index is -0.249. The van der Waals surface area contributed by atoms with Crippen molar-refractivity contribution in [3.05, 3.63) is 88.1 Å². The summed E-state index contributed by atoms with van der Waals surface area (Å²) in [6.07, 6.45) is 6.15. The Kier molecular flexibility index (Phi) is 11.2. The molecule has 0 spiro atoms. The van der Waals surface area contributed by atoms with Gasteiger partial charge in [0.15, 0.2) is 5.84 Å². The second-order valence-electron chi connectivity index (χ2n) is 7.24. The maximum Gasteiger partial charge on any atom is 0.230 e. The van der Waals surface area contributed by atoms with E-state index in [2.05, 4.69) is 28.4 Å². The van der Waals surface area contributed by atoms with E-state index in [9.17, 15) is 9.59 Å². The molecule has 2 aromatic rings. The van der Waals surface area contributed by atoms with Crippen LogP contribution in [0.15, 0.2) is 77.0 Å². The van der Waals surface area contributed by atoms with E-state index in [1.807, 2.05) is 43.3 Å². The smallest absolute Gasteiger partial charge is 0.230 e. The number of nitrogens with one attached hydrogen (secondary N) is 2. The monoisotopic (exact) mass is 500 g/mol. The molecular formula is C25H29ClN4O3S. The molecule has 0 saturated carbocycles. The summed E-state index contributed by atoms with van der Waals surface area (Å²) in [5.41, 5.74) is 1.49. The summed E-state index contributed by atoms with van der Waals surface area (Å²) in [6, 6.07) is 14.5. The van der Waals surface area contributed by atoms with Crippen molar-refractivity contribution >= 4 is 41.9 Å². The Morgan fingerprint density at radius 2 is 1.68 bits per heavy atom. The zero-order chi connectivity index (χ0) is 24.9. The van der Waals surface area contributed by atoms with Gasteiger partial charge in [0, 0.05) is 17.6 Å². The number of para-hydroxylation sites is 1. The number of halogens is 1. The lowest BCUT2D eigenvalue weighted by Crippen LogP contribution is -2.32. The van der Waals surface area contributed by atoms with Gasteiger partial charge < -0.3 is 15.4 Å². The molecule has 0 bridgehead atoms. The lowest BCUT2D eigenvalue weighted by atomic mass is 10.1. The van der Waals surface area contributed by atoms with Crippen LogP contribution < -0.4 is 15.4 Å². The minimum absolute atomic E-state index is 0.120. The molecule has 0 aromatic heterocycles. The van der Waals surface area contributed by atoms with Crippen molar-refractivity contribution in [2.45, 2.75) is 26.2 Å². The fourth-order valence-electron chi connectivity index (χ4n) is 2.95. The molecule has 2 amide bonds. The maximum absolute atomic E-state index is 12.5. The number of rotatable bonds is 10. The first-order valence-electron chi connectivity index (χ1n) is 10.7. The highest BCUT2D eigenvalue weighted by Gasteiger charge is 2.10. The molecule has 180 valence electrons. The molecule has 2 rings (SSSR count). The number of amides is 2. The van der Waals surface area contributed by atoms with E-state index in [1.54, 1.807) is 38.4 Å². The van der Waals surface area contributed by atoms with Gasteiger partial charge in [-0.05, 0) is 30.2 Å². The van der Waals surface area contributed by atoms with Crippen LogP contribution in [0.25, 0.3) is 0 Å². The van der Waals surface area contributed by atoms with Gasteiger partial charge in [0.2, 0.25) is 11.8 Å². The van der Waals surface area contributed by atoms with Crippen molar-refractivity contribution < 1.29 is 14.3 Å². The molecule has 0 aliphatic carbocycles. The maximum atomic E-state index is 12.5. The number of hydrogen-bond donors (Lipinski definition) is 3. The van der Waals surface area contributed by atoms with Crippen LogP contribution in [0.5, 0.6) is 5.75 Å². The number of thiol groups is 1. The number of hydrogen-bond acceptors (Lipinski definition) is 6. The number of carbonyl (C=O) groups is 2. The molecule has 0 aliphatic heterocycles. The summed E-state index contributed by atoms with van der Waals surface area (Å²) in [6.45, 7) is 1.98. The first-order chi connectivity index (χ1) is 16.3. The Labute approximate surface area is 210 Å². The molecular weight excluding hydrogens is 472 g/mol. The molecule has 0 aliphatic rings. The van der Waals surface area contributed by atoms with Gasteiger partial charge in [0.25, 0.3) is 0 Å². The first kappa shape index (κ1) is 27.0. The first-order valence-corrected chi connectivity index (χ1v) is 11.5. The summed E-state index contributed by atoms with van der Waals surface area (Å²) in [5, 5.41) is 12.2. The number of hydrazone groups is 1. The van der Waals surface area contributed by atoms with Crippen LogP contribution in [0.1, 0.15) is 24.5 Å². The number of amidine groups is 1. The fourth-order valence-corrected chi connectivity index (χ4v) is 3.44. The Hall–Kier alpha value is -3.23. The number of ether oxygens (including phenoxy) is 1. The van der Waals surface area contributed by atoms with E-state index < -0.39 is 0 Å². The second-order valence-corrected chi connectivity index (χ2v) is 8.13. The van der Waals surface area contributed by atoms with Crippen LogP contribution in [0, 0.1) is 0 Å². The molecule has 34 heavy (non-hydrogen) atoms. The quantitative estimate of drug-likeness (QED) is 0.196. The van der Waals surface area contributed by atoms with Crippen molar-refractivity contribution in [2.24, 2.45) is 5.10 Å². The highest BCUT2D eigenvalue weighted by molar-refractivity contribution is 7.84. The molecule has 7 nitrogen and oxygen atoms in total. The number of nitrogens with zero attached hydrogens (tertiary/aromatic N) is 2. The minimum Gasteiger partial charge on any atom is -0.496 e. The van der Waals surface area contributed by atoms with E-state index in [-0.39, 0.29) is 24.7 Å². The average Bonchev–Trinajstić information content (AvgIpc) is 2.79. The van der Waals surface area contributed by atoms with Crippen LogP contribution in [0.3, 0.4) is 0 Å². The number of benzene rings is 2. The van der Waals surface area contributed by atoms with E-state index in [1.165, 1.54) is 11.2 Å². The molecule has 0 atom stereocenters. The third-order valence-electron chi connectivity index (χ3n) is 4.47. The summed E-state index contributed by atoms with van der Waals surface area (Å²) in [4.78, 5) is 24.9. The lowest BCUT2D eigenvalue weighted by molar-refractivity contribution is -0.120. The lowest BCUT2D eigenvalue weighted by Gasteiger charge is -2.13.